The summed E-state index contributed by atoms with van der Waals surface area (Å²) in [6.45, 7) is 0. The minimum atomic E-state index is -0.296. The molecule has 4 aliphatic rings. The Morgan fingerprint density at radius 2 is 1.81 bits per heavy atom. The number of fused-ring (bicyclic) bond motifs is 4. The molecule has 4 unspecified atom stereocenters. The summed E-state index contributed by atoms with van der Waals surface area (Å²) in [5.41, 5.74) is 3.24. The summed E-state index contributed by atoms with van der Waals surface area (Å²) in [6, 6.07) is 7.00. The Hall–Kier alpha value is -2.11. The lowest BCUT2D eigenvalue weighted by Crippen LogP contribution is -2.24. The summed E-state index contributed by atoms with van der Waals surface area (Å²) >= 11 is 5.66. The number of nitro groups is 1. The maximum absolute atomic E-state index is 11.5. The number of nitrogens with zero attached hydrogens (tertiary/aromatic N) is 1. The van der Waals surface area contributed by atoms with Crippen molar-refractivity contribution in [1.82, 2.24) is 0 Å². The monoisotopic (exact) mass is 437 g/mol. The van der Waals surface area contributed by atoms with E-state index in [4.69, 9.17) is 0 Å². The van der Waals surface area contributed by atoms with E-state index in [2.05, 4.69) is 58.5 Å². The molecule has 134 valence electrons. The van der Waals surface area contributed by atoms with Crippen molar-refractivity contribution < 1.29 is 4.92 Å². The first-order chi connectivity index (χ1) is 13.1. The minimum absolute atomic E-state index is 0.163. The minimum Gasteiger partial charge on any atom is -0.258 e. The van der Waals surface area contributed by atoms with E-state index in [-0.39, 0.29) is 16.5 Å². The Labute approximate surface area is 170 Å². The molecule has 3 aliphatic carbocycles. The Morgan fingerprint density at radius 1 is 1.04 bits per heavy atom. The fourth-order valence-corrected chi connectivity index (χ4v) is 6.61. The molecule has 0 aromatic heterocycles. The largest absolute Gasteiger partial charge is 0.277 e. The molecule has 5 heteroatoms. The third kappa shape index (κ3) is 2.72. The quantitative estimate of drug-likeness (QED) is 0.409. The molecule has 5 rings (SSSR count). The molecule has 0 spiro atoms. The summed E-state index contributed by atoms with van der Waals surface area (Å²) in [5.74, 6) is 0.967. The zero-order valence-electron chi connectivity index (χ0n) is 14.3. The molecule has 0 fully saturated rings. The summed E-state index contributed by atoms with van der Waals surface area (Å²) in [5, 5.41) is 11.8. The van der Waals surface area contributed by atoms with Crippen molar-refractivity contribution in [2.45, 2.75) is 5.25 Å². The fraction of sp³-hybridized carbons (Fsp3) is 0.182. The van der Waals surface area contributed by atoms with Gasteiger partial charge in [0.2, 0.25) is 0 Å². The van der Waals surface area contributed by atoms with E-state index in [0.717, 1.165) is 5.57 Å². The van der Waals surface area contributed by atoms with Crippen LogP contribution in [0.25, 0.3) is 5.57 Å². The standard InChI is InChI=1S/C22H16BrNO2S/c23-18-12-21-22(16-7-2-1-6-15(16)18)17-11-13(9-10-20(17)27-21)14-5-3-4-8-19(14)24(25)26/h1-12,15-17,20H. The average molecular weight is 438 g/mol. The van der Waals surface area contributed by atoms with Crippen LogP contribution in [0.15, 0.2) is 87.8 Å². The molecule has 0 bridgehead atoms. The third-order valence-electron chi connectivity index (χ3n) is 5.58. The van der Waals surface area contributed by atoms with E-state index >= 15 is 0 Å². The van der Waals surface area contributed by atoms with Gasteiger partial charge in [-0.05, 0) is 23.3 Å². The first kappa shape index (κ1) is 17.0. The molecular weight excluding hydrogens is 422 g/mol. The summed E-state index contributed by atoms with van der Waals surface area (Å²) in [4.78, 5) is 12.5. The highest BCUT2D eigenvalue weighted by Crippen LogP contribution is 2.56. The number of allylic oxidation sites excluding steroid dienone is 10. The van der Waals surface area contributed by atoms with Gasteiger partial charge in [0.1, 0.15) is 0 Å². The molecule has 4 atom stereocenters. The van der Waals surface area contributed by atoms with Gasteiger partial charge < -0.3 is 0 Å². The molecular formula is C22H16BrNO2S. The van der Waals surface area contributed by atoms with Crippen LogP contribution >= 0.6 is 27.7 Å². The first-order valence-electron chi connectivity index (χ1n) is 8.90. The van der Waals surface area contributed by atoms with Crippen molar-refractivity contribution in [3.05, 3.63) is 104 Å². The van der Waals surface area contributed by atoms with Crippen molar-refractivity contribution in [2.24, 2.45) is 17.8 Å². The lowest BCUT2D eigenvalue weighted by Gasteiger charge is -2.32. The van der Waals surface area contributed by atoms with Crippen molar-refractivity contribution in [2.75, 3.05) is 0 Å². The molecule has 1 heterocycles. The number of thioether (sulfide) groups is 1. The molecule has 1 aliphatic heterocycles. The zero-order chi connectivity index (χ0) is 18.5. The first-order valence-corrected chi connectivity index (χ1v) is 10.6. The molecule has 0 saturated carbocycles. The molecule has 3 nitrogen and oxygen atoms in total. The van der Waals surface area contributed by atoms with Crippen molar-refractivity contribution in [3.8, 4) is 0 Å². The van der Waals surface area contributed by atoms with Gasteiger partial charge in [0, 0.05) is 38.5 Å². The molecule has 27 heavy (non-hydrogen) atoms. The number of nitro benzene ring substituents is 1. The van der Waals surface area contributed by atoms with E-state index in [9.17, 15) is 10.1 Å². The SMILES string of the molecule is O=[N+]([O-])c1ccccc1C1=CC2C3=C(C=C(Br)C4C=CC=CC34)SC2C=C1. The Morgan fingerprint density at radius 3 is 2.63 bits per heavy atom. The number of benzene rings is 1. The number of rotatable bonds is 2. The highest BCUT2D eigenvalue weighted by molar-refractivity contribution is 9.11. The molecule has 0 amide bonds. The summed E-state index contributed by atoms with van der Waals surface area (Å²) in [6.07, 6.45) is 17.5. The van der Waals surface area contributed by atoms with Gasteiger partial charge in [0.25, 0.3) is 5.69 Å². The van der Waals surface area contributed by atoms with E-state index in [0.29, 0.717) is 22.6 Å². The van der Waals surface area contributed by atoms with Gasteiger partial charge in [-0.25, -0.2) is 0 Å². The van der Waals surface area contributed by atoms with Crippen LogP contribution in [0, 0.1) is 27.9 Å². The molecule has 0 radical (unpaired) electrons. The van der Waals surface area contributed by atoms with Crippen LogP contribution in [0.5, 0.6) is 0 Å². The van der Waals surface area contributed by atoms with E-state index < -0.39 is 0 Å². The van der Waals surface area contributed by atoms with E-state index in [1.54, 1.807) is 12.1 Å². The van der Waals surface area contributed by atoms with Crippen molar-refractivity contribution in [3.63, 3.8) is 0 Å². The van der Waals surface area contributed by atoms with Crippen LogP contribution in [-0.4, -0.2) is 10.2 Å². The van der Waals surface area contributed by atoms with Gasteiger partial charge in [-0.2, -0.15) is 0 Å². The number of para-hydroxylation sites is 1. The van der Waals surface area contributed by atoms with Gasteiger partial charge >= 0.3 is 0 Å². The zero-order valence-corrected chi connectivity index (χ0v) is 16.7. The molecule has 0 saturated heterocycles. The Balaban J connectivity index is 1.59. The van der Waals surface area contributed by atoms with Crippen LogP contribution in [-0.2, 0) is 0 Å². The van der Waals surface area contributed by atoms with Crippen LogP contribution in [0.1, 0.15) is 5.56 Å². The van der Waals surface area contributed by atoms with Crippen LogP contribution in [0.3, 0.4) is 0 Å². The fourth-order valence-electron chi connectivity index (χ4n) is 4.37. The Bertz CT molecular complexity index is 1030. The van der Waals surface area contributed by atoms with Gasteiger partial charge in [0.15, 0.2) is 0 Å². The highest BCUT2D eigenvalue weighted by Gasteiger charge is 2.42. The topological polar surface area (TPSA) is 43.1 Å². The predicted molar refractivity (Wildman–Crippen MR) is 114 cm³/mol. The second-order valence-corrected chi connectivity index (χ2v) is 9.17. The number of hydrogen-bond donors (Lipinski definition) is 0. The van der Waals surface area contributed by atoms with E-state index in [1.807, 2.05) is 30.0 Å². The van der Waals surface area contributed by atoms with Crippen molar-refractivity contribution in [1.29, 1.82) is 0 Å². The van der Waals surface area contributed by atoms with Gasteiger partial charge in [-0.3, -0.25) is 10.1 Å². The van der Waals surface area contributed by atoms with Gasteiger partial charge in [0.05, 0.1) is 10.5 Å². The predicted octanol–water partition coefficient (Wildman–Crippen LogP) is 6.18. The Kier molecular flexibility index (Phi) is 4.10. The second kappa shape index (κ2) is 6.50. The van der Waals surface area contributed by atoms with Gasteiger partial charge in [-0.15, -0.1) is 11.8 Å². The maximum Gasteiger partial charge on any atom is 0.277 e. The summed E-state index contributed by atoms with van der Waals surface area (Å²) in [7, 11) is 0. The molecule has 1 aromatic rings. The van der Waals surface area contributed by atoms with Crippen LogP contribution < -0.4 is 0 Å². The second-order valence-electron chi connectivity index (χ2n) is 7.03. The molecule has 0 N–H and O–H groups in total. The third-order valence-corrected chi connectivity index (χ3v) is 7.67. The average Bonchev–Trinajstić information content (AvgIpc) is 3.05. The number of halogens is 1. The van der Waals surface area contributed by atoms with Crippen molar-refractivity contribution >= 4 is 39.0 Å². The summed E-state index contributed by atoms with van der Waals surface area (Å²) < 4.78 is 1.23. The van der Waals surface area contributed by atoms with Gasteiger partial charge in [-0.1, -0.05) is 70.6 Å². The smallest absolute Gasteiger partial charge is 0.258 e. The lowest BCUT2D eigenvalue weighted by atomic mass is 9.72. The van der Waals surface area contributed by atoms with Crippen LogP contribution in [0.4, 0.5) is 5.69 Å². The van der Waals surface area contributed by atoms with E-state index in [1.165, 1.54) is 15.0 Å². The van der Waals surface area contributed by atoms with Crippen LogP contribution in [0.2, 0.25) is 0 Å². The number of hydrogen-bond acceptors (Lipinski definition) is 3. The molecule has 1 aromatic carbocycles. The highest BCUT2D eigenvalue weighted by atomic mass is 79.9. The lowest BCUT2D eigenvalue weighted by molar-refractivity contribution is -0.385. The maximum atomic E-state index is 11.5. The normalized spacial score (nSPS) is 30.4.